The predicted octanol–water partition coefficient (Wildman–Crippen LogP) is 6.50. The van der Waals surface area contributed by atoms with Gasteiger partial charge in [0.15, 0.2) is 5.69 Å². The van der Waals surface area contributed by atoms with Crippen LogP contribution in [0.1, 0.15) is 63.0 Å². The molecule has 1 fully saturated rings. The van der Waals surface area contributed by atoms with Crippen molar-refractivity contribution in [1.82, 2.24) is 19.4 Å². The second-order valence-electron chi connectivity index (χ2n) is 10.9. The van der Waals surface area contributed by atoms with E-state index in [0.29, 0.717) is 18.8 Å². The summed E-state index contributed by atoms with van der Waals surface area (Å²) < 4.78 is 75.9. The first-order valence-corrected chi connectivity index (χ1v) is 14.0. The number of hydrogen-bond acceptors (Lipinski definition) is 5. The van der Waals surface area contributed by atoms with Crippen molar-refractivity contribution in [2.75, 3.05) is 6.54 Å². The summed E-state index contributed by atoms with van der Waals surface area (Å²) in [6, 6.07) is 3.50. The minimum Gasteiger partial charge on any atom is -0.434 e. The summed E-state index contributed by atoms with van der Waals surface area (Å²) >= 11 is 9.76. The first-order valence-electron chi connectivity index (χ1n) is 12.8. The van der Waals surface area contributed by atoms with Crippen LogP contribution in [0.25, 0.3) is 11.3 Å². The fraction of sp³-hybridized carbons (Fsp3) is 0.615. The number of carbonyl (C=O) groups is 1. The lowest BCUT2D eigenvalue weighted by atomic mass is 9.76. The largest absolute Gasteiger partial charge is 0.434 e. The number of aliphatic hydroxyl groups is 1. The fourth-order valence-electron chi connectivity index (χ4n) is 4.83. The van der Waals surface area contributed by atoms with Crippen LogP contribution in [0.15, 0.2) is 18.2 Å². The SMILES string of the molecule is CCn1nc(C(=O)NC[C@]2(O)CC[C@@H](C)CC2NBr)c(Cl)c1-c1ccc(CC(C)(C)C(F)(F)F)cc1OC(F)F. The molecule has 0 saturated heterocycles. The molecule has 1 heterocycles. The number of halogens is 7. The first-order chi connectivity index (χ1) is 18.5. The van der Waals surface area contributed by atoms with Gasteiger partial charge in [-0.25, -0.2) is 4.34 Å². The van der Waals surface area contributed by atoms with Crippen LogP contribution in [0.4, 0.5) is 22.0 Å². The van der Waals surface area contributed by atoms with E-state index in [1.165, 1.54) is 16.8 Å². The highest BCUT2D eigenvalue weighted by Crippen LogP contribution is 2.43. The Hall–Kier alpha value is -1.96. The van der Waals surface area contributed by atoms with Crippen LogP contribution < -0.4 is 14.4 Å². The molecule has 1 aromatic heterocycles. The quantitative estimate of drug-likeness (QED) is 0.200. The molecule has 224 valence electrons. The minimum absolute atomic E-state index is 0.0377. The van der Waals surface area contributed by atoms with E-state index in [9.17, 15) is 31.9 Å². The van der Waals surface area contributed by atoms with Gasteiger partial charge in [-0.1, -0.05) is 38.4 Å². The Morgan fingerprint density at radius 2 is 2.02 bits per heavy atom. The summed E-state index contributed by atoms with van der Waals surface area (Å²) in [4.78, 5) is 13.1. The third kappa shape index (κ3) is 7.08. The molecule has 1 aliphatic carbocycles. The molecule has 1 aromatic carbocycles. The van der Waals surface area contributed by atoms with Gasteiger partial charge in [-0.3, -0.25) is 9.48 Å². The predicted molar refractivity (Wildman–Crippen MR) is 145 cm³/mol. The smallest absolute Gasteiger partial charge is 0.394 e. The number of nitrogens with zero attached hydrogens (tertiary/aromatic N) is 2. The molecule has 3 rings (SSSR count). The summed E-state index contributed by atoms with van der Waals surface area (Å²) in [5, 5.41) is 17.9. The Morgan fingerprint density at radius 3 is 2.60 bits per heavy atom. The fourth-order valence-corrected chi connectivity index (χ4v) is 5.77. The number of aromatic nitrogens is 2. The summed E-state index contributed by atoms with van der Waals surface area (Å²) in [5.41, 5.74) is -3.28. The number of amides is 1. The molecule has 3 atom stereocenters. The van der Waals surface area contributed by atoms with E-state index >= 15 is 0 Å². The number of carbonyl (C=O) groups excluding carboxylic acids is 1. The monoisotopic (exact) mass is 658 g/mol. The van der Waals surface area contributed by atoms with Crippen molar-refractivity contribution in [3.63, 3.8) is 0 Å². The first kappa shape index (κ1) is 32.6. The van der Waals surface area contributed by atoms with E-state index in [-0.39, 0.29) is 46.7 Å². The molecule has 3 N–H and O–H groups in total. The molecule has 0 radical (unpaired) electrons. The van der Waals surface area contributed by atoms with Gasteiger partial charge in [-0.15, -0.1) is 0 Å². The molecule has 0 bridgehead atoms. The molecular formula is C26H33BrClF5N4O3. The highest BCUT2D eigenvalue weighted by molar-refractivity contribution is 9.08. The van der Waals surface area contributed by atoms with Crippen LogP contribution in [-0.4, -0.2) is 51.8 Å². The van der Waals surface area contributed by atoms with Gasteiger partial charge in [0.1, 0.15) is 5.75 Å². The van der Waals surface area contributed by atoms with E-state index in [4.69, 9.17) is 11.6 Å². The lowest BCUT2D eigenvalue weighted by molar-refractivity contribution is -0.211. The highest BCUT2D eigenvalue weighted by atomic mass is 79.9. The minimum atomic E-state index is -4.52. The Balaban J connectivity index is 1.94. The summed E-state index contributed by atoms with van der Waals surface area (Å²) in [5.74, 6) is -0.691. The Morgan fingerprint density at radius 1 is 1.35 bits per heavy atom. The van der Waals surface area contributed by atoms with Crippen LogP contribution in [0.3, 0.4) is 0 Å². The van der Waals surface area contributed by atoms with Crippen LogP contribution in [0, 0.1) is 11.3 Å². The van der Waals surface area contributed by atoms with Crippen molar-refractivity contribution in [2.45, 2.75) is 84.4 Å². The number of benzene rings is 1. The van der Waals surface area contributed by atoms with Crippen LogP contribution >= 0.6 is 27.7 Å². The number of rotatable bonds is 10. The number of aryl methyl sites for hydroxylation is 1. The average Bonchev–Trinajstić information content (AvgIpc) is 3.19. The topological polar surface area (TPSA) is 88.4 Å². The van der Waals surface area contributed by atoms with Gasteiger partial charge >= 0.3 is 12.8 Å². The van der Waals surface area contributed by atoms with Crippen LogP contribution in [0.2, 0.25) is 5.02 Å². The van der Waals surface area contributed by atoms with Gasteiger partial charge in [-0.2, -0.15) is 27.1 Å². The van der Waals surface area contributed by atoms with Crippen LogP contribution in [0.5, 0.6) is 5.75 Å². The van der Waals surface area contributed by atoms with Gasteiger partial charge in [-0.05, 0) is 56.2 Å². The van der Waals surface area contributed by atoms with Crippen molar-refractivity contribution in [3.05, 3.63) is 34.5 Å². The standard InChI is InChI=1S/C26H33BrClF5N4O3/c1-5-37-21(16-7-6-15(11-17(16)40-23(29)30)12-24(3,4)26(31,32)33)19(28)20(36-37)22(38)34-13-25(39)9-8-14(2)10-18(25)35-27/h6-7,11,14,18,23,35,39H,5,8-10,12-13H2,1-4H3,(H,34,38)/t14-,18?,25-/m1/s1. The van der Waals surface area contributed by atoms with Gasteiger partial charge in [0.05, 0.1) is 21.7 Å². The van der Waals surface area contributed by atoms with Gasteiger partial charge in [0.2, 0.25) is 0 Å². The van der Waals surface area contributed by atoms with Crippen molar-refractivity contribution >= 4 is 33.7 Å². The maximum absolute atomic E-state index is 13.4. The van der Waals surface area contributed by atoms with E-state index < -0.39 is 41.9 Å². The third-order valence-electron chi connectivity index (χ3n) is 7.38. The Kier molecular flexibility index (Phi) is 10.2. The zero-order chi connectivity index (χ0) is 30.0. The molecule has 2 aromatic rings. The Labute approximate surface area is 243 Å². The summed E-state index contributed by atoms with van der Waals surface area (Å²) in [6.07, 6.45) is -3.08. The molecule has 0 aliphatic heterocycles. The Bertz CT molecular complexity index is 1210. The molecule has 7 nitrogen and oxygen atoms in total. The summed E-state index contributed by atoms with van der Waals surface area (Å²) in [7, 11) is 0. The zero-order valence-electron chi connectivity index (χ0n) is 22.5. The molecule has 1 aliphatic rings. The molecule has 40 heavy (non-hydrogen) atoms. The molecule has 0 spiro atoms. The number of ether oxygens (including phenoxy) is 1. The van der Waals surface area contributed by atoms with E-state index in [1.54, 1.807) is 6.92 Å². The lowest BCUT2D eigenvalue weighted by Crippen LogP contribution is -2.57. The van der Waals surface area contributed by atoms with E-state index in [0.717, 1.165) is 26.3 Å². The normalized spacial score (nSPS) is 22.0. The molecule has 1 unspecified atom stereocenters. The second-order valence-corrected chi connectivity index (χ2v) is 11.8. The molecule has 14 heteroatoms. The van der Waals surface area contributed by atoms with E-state index in [2.05, 4.69) is 42.6 Å². The van der Waals surface area contributed by atoms with Crippen molar-refractivity contribution in [2.24, 2.45) is 11.3 Å². The highest BCUT2D eigenvalue weighted by Gasteiger charge is 2.47. The maximum Gasteiger partial charge on any atom is 0.394 e. The average molecular weight is 660 g/mol. The van der Waals surface area contributed by atoms with Crippen molar-refractivity contribution in [1.29, 1.82) is 0 Å². The second kappa shape index (κ2) is 12.5. The van der Waals surface area contributed by atoms with E-state index in [1.807, 2.05) is 0 Å². The third-order valence-corrected chi connectivity index (χ3v) is 8.29. The van der Waals surface area contributed by atoms with Gasteiger partial charge in [0, 0.05) is 40.8 Å². The molecular weight excluding hydrogens is 627 g/mol. The van der Waals surface area contributed by atoms with Crippen molar-refractivity contribution in [3.8, 4) is 17.0 Å². The number of nitrogens with one attached hydrogen (secondary N) is 2. The van der Waals surface area contributed by atoms with Gasteiger partial charge in [0.25, 0.3) is 5.91 Å². The number of alkyl halides is 5. The van der Waals surface area contributed by atoms with Gasteiger partial charge < -0.3 is 15.2 Å². The number of hydrogen-bond donors (Lipinski definition) is 3. The molecule has 1 saturated carbocycles. The van der Waals surface area contributed by atoms with Crippen molar-refractivity contribution < 1.29 is 36.6 Å². The lowest BCUT2D eigenvalue weighted by Gasteiger charge is -2.41. The molecule has 1 amide bonds. The summed E-state index contributed by atoms with van der Waals surface area (Å²) in [6.45, 7) is 2.64. The van der Waals surface area contributed by atoms with Crippen LogP contribution in [-0.2, 0) is 13.0 Å². The zero-order valence-corrected chi connectivity index (χ0v) is 24.9. The maximum atomic E-state index is 13.4.